The molecule has 2 amide bonds. The van der Waals surface area contributed by atoms with E-state index in [0.29, 0.717) is 5.69 Å². The van der Waals surface area contributed by atoms with Gasteiger partial charge in [0.25, 0.3) is 0 Å². The highest BCUT2D eigenvalue weighted by Gasteiger charge is 2.34. The Morgan fingerprint density at radius 2 is 1.96 bits per heavy atom. The number of para-hydroxylation sites is 1. The fourth-order valence-corrected chi connectivity index (χ4v) is 2.98. The van der Waals surface area contributed by atoms with Crippen LogP contribution in [0.2, 0.25) is 0 Å². The quantitative estimate of drug-likeness (QED) is 0.812. The molecule has 5 nitrogen and oxygen atoms in total. The van der Waals surface area contributed by atoms with Crippen molar-refractivity contribution in [3.8, 4) is 17.6 Å². The lowest BCUT2D eigenvalue weighted by Crippen LogP contribution is -2.33. The molecule has 6 heteroatoms. The minimum Gasteiger partial charge on any atom is -0.481 e. The van der Waals surface area contributed by atoms with Gasteiger partial charge in [-0.25, -0.2) is 4.39 Å². The summed E-state index contributed by atoms with van der Waals surface area (Å²) in [5.41, 5.74) is 1.63. The fourth-order valence-electron chi connectivity index (χ4n) is 2.98. The topological polar surface area (TPSA) is 58.6 Å². The summed E-state index contributed by atoms with van der Waals surface area (Å²) in [6, 6.07) is 13.3. The summed E-state index contributed by atoms with van der Waals surface area (Å²) in [5, 5.41) is 2.73. The molecule has 0 spiro atoms. The molecule has 0 aromatic heterocycles. The number of aryl methyl sites for hydroxylation is 1. The van der Waals surface area contributed by atoms with Gasteiger partial charge in [-0.3, -0.25) is 9.59 Å². The lowest BCUT2D eigenvalue weighted by atomic mass is 10.1. The van der Waals surface area contributed by atoms with Gasteiger partial charge < -0.3 is 15.0 Å². The van der Waals surface area contributed by atoms with E-state index >= 15 is 0 Å². The summed E-state index contributed by atoms with van der Waals surface area (Å²) in [6.45, 7) is 2.67. The number of amides is 2. The molecule has 1 saturated heterocycles. The number of carbonyl (C=O) groups is 2. The summed E-state index contributed by atoms with van der Waals surface area (Å²) < 4.78 is 18.6. The lowest BCUT2D eigenvalue weighted by Gasteiger charge is -2.16. The molecule has 1 unspecified atom stereocenters. The maximum absolute atomic E-state index is 13.0. The van der Waals surface area contributed by atoms with Crippen LogP contribution in [-0.2, 0) is 9.59 Å². The van der Waals surface area contributed by atoms with Gasteiger partial charge in [0.2, 0.25) is 11.8 Å². The normalized spacial score (nSPS) is 15.7. The van der Waals surface area contributed by atoms with Crippen molar-refractivity contribution in [1.29, 1.82) is 0 Å². The number of benzene rings is 2. The van der Waals surface area contributed by atoms with E-state index in [2.05, 4.69) is 17.2 Å². The van der Waals surface area contributed by atoms with Crippen molar-refractivity contribution in [2.24, 2.45) is 5.92 Å². The molecule has 0 bridgehead atoms. The van der Waals surface area contributed by atoms with Crippen LogP contribution in [0, 0.1) is 30.5 Å². The van der Waals surface area contributed by atoms with E-state index in [0.717, 1.165) is 11.3 Å². The number of hydrogen-bond acceptors (Lipinski definition) is 3. The van der Waals surface area contributed by atoms with Crippen LogP contribution in [0.5, 0.6) is 5.75 Å². The van der Waals surface area contributed by atoms with Crippen molar-refractivity contribution in [3.05, 3.63) is 59.9 Å². The zero-order valence-corrected chi connectivity index (χ0v) is 15.6. The Balaban J connectivity index is 1.44. The molecular weight excluding hydrogens is 359 g/mol. The Morgan fingerprint density at radius 1 is 1.21 bits per heavy atom. The number of nitrogens with zero attached hydrogens (tertiary/aromatic N) is 1. The van der Waals surface area contributed by atoms with Gasteiger partial charge in [-0.05, 0) is 42.8 Å². The third-order valence-corrected chi connectivity index (χ3v) is 4.50. The molecule has 1 aliphatic heterocycles. The van der Waals surface area contributed by atoms with Crippen LogP contribution in [0.1, 0.15) is 12.0 Å². The van der Waals surface area contributed by atoms with Crippen LogP contribution < -0.4 is 15.0 Å². The fraction of sp³-hybridized carbons (Fsp3) is 0.273. The van der Waals surface area contributed by atoms with Gasteiger partial charge in [-0.1, -0.05) is 30.0 Å². The highest BCUT2D eigenvalue weighted by Crippen LogP contribution is 2.25. The van der Waals surface area contributed by atoms with Crippen LogP contribution in [-0.4, -0.2) is 31.5 Å². The third kappa shape index (κ3) is 4.89. The van der Waals surface area contributed by atoms with Crippen LogP contribution in [0.3, 0.4) is 0 Å². The highest BCUT2D eigenvalue weighted by molar-refractivity contribution is 6.00. The summed E-state index contributed by atoms with van der Waals surface area (Å²) >= 11 is 0. The molecule has 0 radical (unpaired) electrons. The van der Waals surface area contributed by atoms with Crippen molar-refractivity contribution >= 4 is 17.5 Å². The smallest absolute Gasteiger partial charge is 0.227 e. The van der Waals surface area contributed by atoms with Gasteiger partial charge in [-0.15, -0.1) is 0 Å². The monoisotopic (exact) mass is 380 g/mol. The van der Waals surface area contributed by atoms with E-state index in [9.17, 15) is 14.0 Å². The van der Waals surface area contributed by atoms with Crippen LogP contribution in [0.15, 0.2) is 48.5 Å². The zero-order chi connectivity index (χ0) is 19.9. The number of ether oxygens (including phenoxy) is 1. The Morgan fingerprint density at radius 3 is 2.71 bits per heavy atom. The molecule has 1 aliphatic rings. The van der Waals surface area contributed by atoms with E-state index in [4.69, 9.17) is 4.74 Å². The molecule has 2 aromatic rings. The standard InChI is InChI=1S/C22H21FN2O3/c1-16-6-2-3-7-20(16)28-13-5-4-12-24-22(27)17-14-21(26)25(15-17)19-10-8-18(23)9-11-19/h2-3,6-11,17H,12-15H2,1H3,(H,24,27). The van der Waals surface area contributed by atoms with Crippen molar-refractivity contribution in [2.45, 2.75) is 13.3 Å². The number of halogens is 1. The van der Waals surface area contributed by atoms with Gasteiger partial charge in [0.05, 0.1) is 12.5 Å². The second kappa shape index (κ2) is 9.05. The van der Waals surface area contributed by atoms with E-state index in [1.54, 1.807) is 0 Å². The first-order valence-electron chi connectivity index (χ1n) is 9.02. The van der Waals surface area contributed by atoms with E-state index in [1.807, 2.05) is 31.2 Å². The van der Waals surface area contributed by atoms with Gasteiger partial charge in [0.15, 0.2) is 0 Å². The molecule has 1 N–H and O–H groups in total. The average Bonchev–Trinajstić information content (AvgIpc) is 3.08. The average molecular weight is 380 g/mol. The first-order valence-corrected chi connectivity index (χ1v) is 9.02. The van der Waals surface area contributed by atoms with Crippen LogP contribution in [0.4, 0.5) is 10.1 Å². The number of hydrogen-bond donors (Lipinski definition) is 1. The molecule has 144 valence electrons. The highest BCUT2D eigenvalue weighted by atomic mass is 19.1. The number of rotatable bonds is 5. The molecular formula is C22H21FN2O3. The first kappa shape index (κ1) is 19.4. The summed E-state index contributed by atoms with van der Waals surface area (Å²) in [6.07, 6.45) is 0.132. The van der Waals surface area contributed by atoms with Crippen LogP contribution >= 0.6 is 0 Å². The Labute approximate surface area is 163 Å². The largest absolute Gasteiger partial charge is 0.481 e. The molecule has 1 heterocycles. The predicted octanol–water partition coefficient (Wildman–Crippen LogP) is 2.69. The Kier molecular flexibility index (Phi) is 6.28. The number of carbonyl (C=O) groups excluding carboxylic acids is 2. The molecule has 1 fully saturated rings. The Bertz CT molecular complexity index is 915. The summed E-state index contributed by atoms with van der Waals surface area (Å²) in [7, 11) is 0. The summed E-state index contributed by atoms with van der Waals surface area (Å²) in [5.74, 6) is 5.31. The number of anilines is 1. The maximum Gasteiger partial charge on any atom is 0.227 e. The van der Waals surface area contributed by atoms with Gasteiger partial charge in [0, 0.05) is 18.7 Å². The Hall–Kier alpha value is -3.33. The maximum atomic E-state index is 13.0. The number of nitrogens with one attached hydrogen (secondary N) is 1. The zero-order valence-electron chi connectivity index (χ0n) is 15.6. The molecule has 0 aliphatic carbocycles. The van der Waals surface area contributed by atoms with Gasteiger partial charge in [-0.2, -0.15) is 0 Å². The molecule has 3 rings (SSSR count). The van der Waals surface area contributed by atoms with Gasteiger partial charge >= 0.3 is 0 Å². The van der Waals surface area contributed by atoms with Crippen molar-refractivity contribution in [2.75, 3.05) is 24.6 Å². The third-order valence-electron chi connectivity index (χ3n) is 4.50. The van der Waals surface area contributed by atoms with Crippen molar-refractivity contribution in [3.63, 3.8) is 0 Å². The second-order valence-electron chi connectivity index (χ2n) is 6.51. The van der Waals surface area contributed by atoms with Crippen molar-refractivity contribution in [1.82, 2.24) is 5.32 Å². The van der Waals surface area contributed by atoms with E-state index < -0.39 is 5.92 Å². The molecule has 1 atom stereocenters. The molecule has 0 saturated carbocycles. The SMILES string of the molecule is Cc1ccccc1OCC#CCNC(=O)C1CC(=O)N(c2ccc(F)cc2)C1. The molecule has 2 aromatic carbocycles. The molecule has 28 heavy (non-hydrogen) atoms. The van der Waals surface area contributed by atoms with E-state index in [1.165, 1.54) is 29.2 Å². The van der Waals surface area contributed by atoms with Crippen LogP contribution in [0.25, 0.3) is 0 Å². The first-order chi connectivity index (χ1) is 13.5. The summed E-state index contributed by atoms with van der Waals surface area (Å²) in [4.78, 5) is 25.9. The van der Waals surface area contributed by atoms with Gasteiger partial charge in [0.1, 0.15) is 18.2 Å². The van der Waals surface area contributed by atoms with Crippen molar-refractivity contribution < 1.29 is 18.7 Å². The predicted molar refractivity (Wildman–Crippen MR) is 104 cm³/mol. The lowest BCUT2D eigenvalue weighted by molar-refractivity contribution is -0.126. The minimum atomic E-state index is -0.442. The minimum absolute atomic E-state index is 0.132. The van der Waals surface area contributed by atoms with E-state index in [-0.39, 0.29) is 43.7 Å². The second-order valence-corrected chi connectivity index (χ2v) is 6.51.